The van der Waals surface area contributed by atoms with Crippen LogP contribution in [0, 0.1) is 5.92 Å². The molecule has 0 atom stereocenters. The predicted octanol–water partition coefficient (Wildman–Crippen LogP) is 1.93. The van der Waals surface area contributed by atoms with Crippen molar-refractivity contribution < 1.29 is 4.79 Å². The predicted molar refractivity (Wildman–Crippen MR) is 51.0 cm³/mol. The van der Waals surface area contributed by atoms with Crippen LogP contribution >= 0.6 is 0 Å². The van der Waals surface area contributed by atoms with E-state index in [9.17, 15) is 4.79 Å². The summed E-state index contributed by atoms with van der Waals surface area (Å²) in [5.41, 5.74) is 2.47. The molecule has 70 valence electrons. The molecule has 12 heavy (non-hydrogen) atoms. The smallest absolute Gasteiger partial charge is 0.240 e. The van der Waals surface area contributed by atoms with E-state index in [0.29, 0.717) is 12.3 Å². The molecular weight excluding hydrogens is 152 g/mol. The van der Waals surface area contributed by atoms with Gasteiger partial charge in [0.15, 0.2) is 0 Å². The summed E-state index contributed by atoms with van der Waals surface area (Å²) < 4.78 is 0. The van der Waals surface area contributed by atoms with Crippen molar-refractivity contribution >= 4 is 12.1 Å². The molecule has 3 nitrogen and oxygen atoms in total. The summed E-state index contributed by atoms with van der Waals surface area (Å²) >= 11 is 0. The van der Waals surface area contributed by atoms with Crippen LogP contribution in [0.25, 0.3) is 0 Å². The van der Waals surface area contributed by atoms with Gasteiger partial charge in [0.2, 0.25) is 5.91 Å². The third-order valence-electron chi connectivity index (χ3n) is 1.33. The van der Waals surface area contributed by atoms with Crippen LogP contribution in [0.4, 0.5) is 0 Å². The van der Waals surface area contributed by atoms with Gasteiger partial charge in [0.05, 0.1) is 0 Å². The molecule has 3 heteroatoms. The van der Waals surface area contributed by atoms with Crippen LogP contribution in [0.3, 0.4) is 0 Å². The number of carbonyl (C=O) groups excluding carboxylic acids is 1. The molecule has 0 fully saturated rings. The topological polar surface area (TPSA) is 41.5 Å². The highest BCUT2D eigenvalue weighted by atomic mass is 16.2. The Morgan fingerprint density at radius 3 is 2.75 bits per heavy atom. The second kappa shape index (κ2) is 6.83. The third kappa shape index (κ3) is 7.25. The van der Waals surface area contributed by atoms with E-state index < -0.39 is 0 Å². The minimum atomic E-state index is -0.00231. The quantitative estimate of drug-likeness (QED) is 0.497. The summed E-state index contributed by atoms with van der Waals surface area (Å²) in [5.74, 6) is 0.592. The van der Waals surface area contributed by atoms with Crippen LogP contribution in [0.5, 0.6) is 0 Å². The zero-order valence-electron chi connectivity index (χ0n) is 8.13. The molecule has 1 N–H and O–H groups in total. The lowest BCUT2D eigenvalue weighted by Gasteiger charge is -1.97. The van der Waals surface area contributed by atoms with Gasteiger partial charge in [0, 0.05) is 12.6 Å². The first kappa shape index (κ1) is 11.1. The Labute approximate surface area is 74.2 Å². The second-order valence-electron chi connectivity index (χ2n) is 3.23. The van der Waals surface area contributed by atoms with Crippen molar-refractivity contribution in [3.8, 4) is 0 Å². The number of rotatable bonds is 5. The minimum Gasteiger partial charge on any atom is -0.273 e. The fraction of sp³-hybridized carbons (Fsp3) is 0.778. The maximum atomic E-state index is 10.9. The lowest BCUT2D eigenvalue weighted by atomic mass is 10.2. The van der Waals surface area contributed by atoms with Gasteiger partial charge in [0.1, 0.15) is 0 Å². The van der Waals surface area contributed by atoms with Gasteiger partial charge in [-0.25, -0.2) is 5.43 Å². The summed E-state index contributed by atoms with van der Waals surface area (Å²) in [4.78, 5) is 10.9. The Morgan fingerprint density at radius 2 is 2.25 bits per heavy atom. The van der Waals surface area contributed by atoms with Crippen LogP contribution in [0.2, 0.25) is 0 Å². The van der Waals surface area contributed by atoms with Crippen LogP contribution in [0.1, 0.15) is 40.0 Å². The van der Waals surface area contributed by atoms with Crippen LogP contribution < -0.4 is 5.43 Å². The first-order valence-electron chi connectivity index (χ1n) is 4.47. The number of nitrogens with one attached hydrogen (secondary N) is 1. The van der Waals surface area contributed by atoms with E-state index in [1.807, 2.05) is 6.92 Å². The van der Waals surface area contributed by atoms with Crippen molar-refractivity contribution in [1.29, 1.82) is 0 Å². The van der Waals surface area contributed by atoms with Gasteiger partial charge in [-0.3, -0.25) is 4.79 Å². The standard InChI is InChI=1S/C9H18N2O/c1-4-5-9(12)11-10-7-6-8(2)3/h7-8H,4-6H2,1-3H3,(H,11,12). The number of carbonyl (C=O) groups is 1. The highest BCUT2D eigenvalue weighted by Gasteiger charge is 1.94. The van der Waals surface area contributed by atoms with E-state index in [4.69, 9.17) is 0 Å². The maximum absolute atomic E-state index is 10.9. The first-order chi connectivity index (χ1) is 5.66. The number of amides is 1. The van der Waals surface area contributed by atoms with E-state index in [2.05, 4.69) is 24.4 Å². The van der Waals surface area contributed by atoms with Crippen molar-refractivity contribution in [2.45, 2.75) is 40.0 Å². The van der Waals surface area contributed by atoms with E-state index in [-0.39, 0.29) is 5.91 Å². The monoisotopic (exact) mass is 170 g/mol. The Hall–Kier alpha value is -0.860. The molecule has 0 aromatic heterocycles. The average molecular weight is 170 g/mol. The van der Waals surface area contributed by atoms with E-state index in [1.165, 1.54) is 0 Å². The fourth-order valence-electron chi connectivity index (χ4n) is 0.664. The molecule has 0 aromatic rings. The molecule has 0 aliphatic rings. The van der Waals surface area contributed by atoms with Gasteiger partial charge >= 0.3 is 0 Å². The van der Waals surface area contributed by atoms with Gasteiger partial charge < -0.3 is 0 Å². The zero-order chi connectivity index (χ0) is 9.40. The van der Waals surface area contributed by atoms with Gasteiger partial charge in [-0.1, -0.05) is 20.8 Å². The van der Waals surface area contributed by atoms with E-state index in [0.717, 1.165) is 12.8 Å². The molecule has 0 bridgehead atoms. The van der Waals surface area contributed by atoms with Crippen molar-refractivity contribution in [2.75, 3.05) is 0 Å². The van der Waals surface area contributed by atoms with Crippen molar-refractivity contribution in [1.82, 2.24) is 5.43 Å². The minimum absolute atomic E-state index is 0.00231. The second-order valence-corrected chi connectivity index (χ2v) is 3.23. The summed E-state index contributed by atoms with van der Waals surface area (Å²) in [7, 11) is 0. The van der Waals surface area contributed by atoms with Crippen molar-refractivity contribution in [3.63, 3.8) is 0 Å². The highest BCUT2D eigenvalue weighted by molar-refractivity contribution is 5.76. The van der Waals surface area contributed by atoms with Crippen LogP contribution in [-0.4, -0.2) is 12.1 Å². The number of hydrazone groups is 1. The summed E-state index contributed by atoms with van der Waals surface area (Å²) in [6.45, 7) is 6.19. The Balaban J connectivity index is 3.40. The molecular formula is C9H18N2O. The Bertz CT molecular complexity index is 153. The largest absolute Gasteiger partial charge is 0.273 e. The lowest BCUT2D eigenvalue weighted by Crippen LogP contribution is -2.16. The molecule has 0 saturated carbocycles. The molecule has 0 radical (unpaired) electrons. The lowest BCUT2D eigenvalue weighted by molar-refractivity contribution is -0.121. The summed E-state index contributed by atoms with van der Waals surface area (Å²) in [5, 5.41) is 3.81. The molecule has 0 saturated heterocycles. The number of nitrogens with zero attached hydrogens (tertiary/aromatic N) is 1. The number of hydrogen-bond donors (Lipinski definition) is 1. The van der Waals surface area contributed by atoms with Crippen molar-refractivity contribution in [2.24, 2.45) is 11.0 Å². The van der Waals surface area contributed by atoms with E-state index in [1.54, 1.807) is 6.21 Å². The van der Waals surface area contributed by atoms with E-state index >= 15 is 0 Å². The molecule has 0 unspecified atom stereocenters. The summed E-state index contributed by atoms with van der Waals surface area (Å²) in [6, 6.07) is 0. The Morgan fingerprint density at radius 1 is 1.58 bits per heavy atom. The van der Waals surface area contributed by atoms with Crippen LogP contribution in [0.15, 0.2) is 5.10 Å². The van der Waals surface area contributed by atoms with Gasteiger partial charge in [-0.2, -0.15) is 5.10 Å². The third-order valence-corrected chi connectivity index (χ3v) is 1.33. The molecule has 0 spiro atoms. The first-order valence-corrected chi connectivity index (χ1v) is 4.47. The SMILES string of the molecule is CCCC(=O)NN=CCC(C)C. The summed E-state index contributed by atoms with van der Waals surface area (Å²) in [6.07, 6.45) is 4.08. The van der Waals surface area contributed by atoms with Gasteiger partial charge in [-0.15, -0.1) is 0 Å². The molecule has 0 aliphatic heterocycles. The van der Waals surface area contributed by atoms with Crippen LogP contribution in [-0.2, 0) is 4.79 Å². The molecule has 1 amide bonds. The molecule has 0 aliphatic carbocycles. The number of hydrogen-bond acceptors (Lipinski definition) is 2. The normalized spacial score (nSPS) is 11.0. The van der Waals surface area contributed by atoms with Gasteiger partial charge in [0.25, 0.3) is 0 Å². The van der Waals surface area contributed by atoms with Gasteiger partial charge in [-0.05, 0) is 18.8 Å². The fourth-order valence-corrected chi connectivity index (χ4v) is 0.664. The maximum Gasteiger partial charge on any atom is 0.240 e. The molecule has 0 rings (SSSR count). The van der Waals surface area contributed by atoms with Crippen molar-refractivity contribution in [3.05, 3.63) is 0 Å². The average Bonchev–Trinajstić information content (AvgIpc) is 1.98. The highest BCUT2D eigenvalue weighted by Crippen LogP contribution is 1.94. The molecule has 0 heterocycles. The Kier molecular flexibility index (Phi) is 6.34. The zero-order valence-corrected chi connectivity index (χ0v) is 8.13. The molecule has 0 aromatic carbocycles.